The van der Waals surface area contributed by atoms with Gasteiger partial charge >= 0.3 is 0 Å². The molecule has 0 fully saturated rings. The average molecular weight is 174 g/mol. The second-order valence-electron chi connectivity index (χ2n) is 3.79. The fraction of sp³-hybridized carbons (Fsp3) is 1.00. The normalized spacial score (nSPS) is 13.2. The zero-order chi connectivity index (χ0) is 9.23. The van der Waals surface area contributed by atoms with E-state index in [1.165, 1.54) is 38.5 Å². The molecule has 0 rings (SSSR count). The average Bonchev–Trinajstić information content (AvgIpc) is 2.05. The molecule has 0 radical (unpaired) electrons. The molecule has 1 atom stereocenters. The Balaban J connectivity index is 2.97. The van der Waals surface area contributed by atoms with Crippen LogP contribution in [0.25, 0.3) is 0 Å². The van der Waals surface area contributed by atoms with Crippen LogP contribution in [0.5, 0.6) is 0 Å². The Labute approximate surface area is 76.6 Å². The standard InChI is InChI=1S/C11H23F/c1-3-4-5-6-7-8-11(2)9-10-12/h11H,3-10H2,1-2H3. The predicted octanol–water partition coefficient (Wildman–Crippen LogP) is 4.34. The maximum Gasteiger partial charge on any atom is 0.0897 e. The molecule has 0 aliphatic heterocycles. The van der Waals surface area contributed by atoms with Crippen LogP contribution in [0.3, 0.4) is 0 Å². The van der Waals surface area contributed by atoms with Crippen molar-refractivity contribution < 1.29 is 4.39 Å². The van der Waals surface area contributed by atoms with Crippen LogP contribution in [0, 0.1) is 5.92 Å². The fourth-order valence-electron chi connectivity index (χ4n) is 1.43. The number of unbranched alkanes of at least 4 members (excludes halogenated alkanes) is 4. The van der Waals surface area contributed by atoms with Gasteiger partial charge in [0, 0.05) is 0 Å². The summed E-state index contributed by atoms with van der Waals surface area (Å²) < 4.78 is 11.9. The van der Waals surface area contributed by atoms with Gasteiger partial charge < -0.3 is 0 Å². The van der Waals surface area contributed by atoms with Crippen LogP contribution in [0.2, 0.25) is 0 Å². The molecule has 0 heterocycles. The van der Waals surface area contributed by atoms with E-state index in [4.69, 9.17) is 0 Å². The number of hydrogen-bond donors (Lipinski definition) is 0. The number of alkyl halides is 1. The first-order valence-corrected chi connectivity index (χ1v) is 5.37. The minimum Gasteiger partial charge on any atom is -0.251 e. The van der Waals surface area contributed by atoms with Crippen LogP contribution in [-0.2, 0) is 0 Å². The second-order valence-corrected chi connectivity index (χ2v) is 3.79. The smallest absolute Gasteiger partial charge is 0.0897 e. The van der Waals surface area contributed by atoms with Gasteiger partial charge in [-0.25, -0.2) is 0 Å². The molecule has 0 saturated heterocycles. The molecule has 1 unspecified atom stereocenters. The third-order valence-electron chi connectivity index (χ3n) is 2.40. The molecule has 74 valence electrons. The van der Waals surface area contributed by atoms with Gasteiger partial charge in [0.05, 0.1) is 6.67 Å². The van der Waals surface area contributed by atoms with Crippen LogP contribution in [-0.4, -0.2) is 6.67 Å². The SMILES string of the molecule is CCCCCCCC(C)CCF. The third kappa shape index (κ3) is 8.03. The molecule has 1 heteroatoms. The van der Waals surface area contributed by atoms with E-state index < -0.39 is 0 Å². The molecule has 0 bridgehead atoms. The van der Waals surface area contributed by atoms with Gasteiger partial charge in [-0.3, -0.25) is 4.39 Å². The summed E-state index contributed by atoms with van der Waals surface area (Å²) in [5.74, 6) is 0.594. The molecular weight excluding hydrogens is 151 g/mol. The van der Waals surface area contributed by atoms with Crippen molar-refractivity contribution in [3.05, 3.63) is 0 Å². The van der Waals surface area contributed by atoms with Crippen molar-refractivity contribution in [1.82, 2.24) is 0 Å². The van der Waals surface area contributed by atoms with Crippen molar-refractivity contribution in [1.29, 1.82) is 0 Å². The molecule has 0 aromatic carbocycles. The third-order valence-corrected chi connectivity index (χ3v) is 2.40. The van der Waals surface area contributed by atoms with Crippen molar-refractivity contribution in [2.24, 2.45) is 5.92 Å². The lowest BCUT2D eigenvalue weighted by Gasteiger charge is -2.07. The zero-order valence-corrected chi connectivity index (χ0v) is 8.61. The summed E-state index contributed by atoms with van der Waals surface area (Å²) in [6.45, 7) is 4.24. The second kappa shape index (κ2) is 9.02. The maximum atomic E-state index is 11.9. The van der Waals surface area contributed by atoms with E-state index in [0.717, 1.165) is 6.42 Å². The minimum atomic E-state index is -0.143. The van der Waals surface area contributed by atoms with Gasteiger partial charge in [-0.2, -0.15) is 0 Å². The Kier molecular flexibility index (Phi) is 8.97. The summed E-state index contributed by atoms with van der Waals surface area (Å²) in [5, 5.41) is 0. The Hall–Kier alpha value is -0.0700. The molecule has 0 aliphatic rings. The zero-order valence-electron chi connectivity index (χ0n) is 8.61. The molecule has 0 saturated carbocycles. The molecule has 0 amide bonds. The first-order chi connectivity index (χ1) is 5.81. The summed E-state index contributed by atoms with van der Waals surface area (Å²) >= 11 is 0. The largest absolute Gasteiger partial charge is 0.251 e. The van der Waals surface area contributed by atoms with Gasteiger partial charge in [0.15, 0.2) is 0 Å². The highest BCUT2D eigenvalue weighted by Gasteiger charge is 2.00. The van der Waals surface area contributed by atoms with Gasteiger partial charge in [0.2, 0.25) is 0 Å². The quantitative estimate of drug-likeness (QED) is 0.480. The van der Waals surface area contributed by atoms with Crippen molar-refractivity contribution in [2.75, 3.05) is 6.67 Å². The fourth-order valence-corrected chi connectivity index (χ4v) is 1.43. The lowest BCUT2D eigenvalue weighted by molar-refractivity contribution is 0.379. The van der Waals surface area contributed by atoms with Crippen LogP contribution in [0.1, 0.15) is 58.8 Å². The molecule has 0 aromatic rings. The van der Waals surface area contributed by atoms with Gasteiger partial charge in [0.25, 0.3) is 0 Å². The Morgan fingerprint density at radius 3 is 2.25 bits per heavy atom. The highest BCUT2D eigenvalue weighted by atomic mass is 19.1. The van der Waals surface area contributed by atoms with Crippen LogP contribution in [0.4, 0.5) is 4.39 Å². The summed E-state index contributed by atoms with van der Waals surface area (Å²) in [6, 6.07) is 0. The van der Waals surface area contributed by atoms with Crippen LogP contribution < -0.4 is 0 Å². The van der Waals surface area contributed by atoms with E-state index in [0.29, 0.717) is 5.92 Å². The summed E-state index contributed by atoms with van der Waals surface area (Å²) in [5.41, 5.74) is 0. The van der Waals surface area contributed by atoms with Crippen molar-refractivity contribution in [3.8, 4) is 0 Å². The van der Waals surface area contributed by atoms with Crippen molar-refractivity contribution in [3.63, 3.8) is 0 Å². The highest BCUT2D eigenvalue weighted by Crippen LogP contribution is 2.13. The molecule has 0 N–H and O–H groups in total. The molecule has 0 spiro atoms. The lowest BCUT2D eigenvalue weighted by Crippen LogP contribution is -1.95. The topological polar surface area (TPSA) is 0 Å². The van der Waals surface area contributed by atoms with Gasteiger partial charge in [-0.05, 0) is 12.3 Å². The molecule has 0 aromatic heterocycles. The summed E-state index contributed by atoms with van der Waals surface area (Å²) in [4.78, 5) is 0. The first kappa shape index (κ1) is 11.9. The van der Waals surface area contributed by atoms with Gasteiger partial charge in [-0.15, -0.1) is 0 Å². The van der Waals surface area contributed by atoms with Gasteiger partial charge in [-0.1, -0.05) is 52.4 Å². The van der Waals surface area contributed by atoms with E-state index in [9.17, 15) is 4.39 Å². The van der Waals surface area contributed by atoms with E-state index >= 15 is 0 Å². The molecular formula is C11H23F. The Morgan fingerprint density at radius 2 is 1.67 bits per heavy atom. The number of halogens is 1. The van der Waals surface area contributed by atoms with E-state index in [1.54, 1.807) is 0 Å². The Morgan fingerprint density at radius 1 is 1.00 bits per heavy atom. The number of rotatable bonds is 8. The van der Waals surface area contributed by atoms with E-state index in [1.807, 2.05) is 0 Å². The molecule has 0 aliphatic carbocycles. The molecule has 0 nitrogen and oxygen atoms in total. The highest BCUT2D eigenvalue weighted by molar-refractivity contribution is 4.53. The summed E-state index contributed by atoms with van der Waals surface area (Å²) in [6.07, 6.45) is 8.63. The minimum absolute atomic E-state index is 0.143. The van der Waals surface area contributed by atoms with E-state index in [2.05, 4.69) is 13.8 Å². The lowest BCUT2D eigenvalue weighted by atomic mass is 10.00. The van der Waals surface area contributed by atoms with Crippen molar-refractivity contribution >= 4 is 0 Å². The van der Waals surface area contributed by atoms with Crippen LogP contribution >= 0.6 is 0 Å². The number of hydrogen-bond acceptors (Lipinski definition) is 0. The maximum absolute atomic E-state index is 11.9. The van der Waals surface area contributed by atoms with E-state index in [-0.39, 0.29) is 6.67 Å². The van der Waals surface area contributed by atoms with Crippen LogP contribution in [0.15, 0.2) is 0 Å². The Bertz CT molecular complexity index is 81.1. The van der Waals surface area contributed by atoms with Gasteiger partial charge in [0.1, 0.15) is 0 Å². The predicted molar refractivity (Wildman–Crippen MR) is 53.1 cm³/mol. The molecule has 12 heavy (non-hydrogen) atoms. The summed E-state index contributed by atoms with van der Waals surface area (Å²) in [7, 11) is 0. The first-order valence-electron chi connectivity index (χ1n) is 5.37. The van der Waals surface area contributed by atoms with Crippen molar-refractivity contribution in [2.45, 2.75) is 58.8 Å². The monoisotopic (exact) mass is 174 g/mol.